The van der Waals surface area contributed by atoms with Gasteiger partial charge < -0.3 is 5.73 Å². The predicted molar refractivity (Wildman–Crippen MR) is 66.8 cm³/mol. The van der Waals surface area contributed by atoms with Crippen molar-refractivity contribution in [1.29, 1.82) is 0 Å². The highest BCUT2D eigenvalue weighted by Crippen LogP contribution is 2.31. The topological polar surface area (TPSA) is 26.0 Å². The SMILES string of the molecule is C#CCCC(N)c1cc2ccc(F)cc2s1. The van der Waals surface area contributed by atoms with E-state index >= 15 is 0 Å². The first kappa shape index (κ1) is 11.1. The van der Waals surface area contributed by atoms with Crippen molar-refractivity contribution in [1.82, 2.24) is 0 Å². The van der Waals surface area contributed by atoms with Crippen molar-refractivity contribution in [2.45, 2.75) is 18.9 Å². The first-order valence-corrected chi connectivity index (χ1v) is 5.90. The van der Waals surface area contributed by atoms with Gasteiger partial charge >= 0.3 is 0 Å². The van der Waals surface area contributed by atoms with Crippen LogP contribution in [0.1, 0.15) is 23.8 Å². The van der Waals surface area contributed by atoms with Crippen molar-refractivity contribution >= 4 is 21.4 Å². The molecule has 1 aromatic heterocycles. The minimum atomic E-state index is -0.210. The number of benzene rings is 1. The van der Waals surface area contributed by atoms with E-state index in [0.717, 1.165) is 21.4 Å². The number of rotatable bonds is 3. The Bertz CT molecular complexity index is 538. The fraction of sp³-hybridized carbons (Fsp3) is 0.231. The van der Waals surface area contributed by atoms with E-state index in [1.807, 2.05) is 6.07 Å². The molecule has 1 unspecified atom stereocenters. The molecule has 0 spiro atoms. The second kappa shape index (κ2) is 4.65. The Morgan fingerprint density at radius 1 is 1.44 bits per heavy atom. The van der Waals surface area contributed by atoms with E-state index in [2.05, 4.69) is 5.92 Å². The Kier molecular flexibility index (Phi) is 3.23. The second-order valence-corrected chi connectivity index (χ2v) is 4.80. The van der Waals surface area contributed by atoms with Crippen LogP contribution in [-0.4, -0.2) is 0 Å². The summed E-state index contributed by atoms with van der Waals surface area (Å²) in [5, 5.41) is 1.04. The molecule has 1 heterocycles. The van der Waals surface area contributed by atoms with Crippen molar-refractivity contribution in [2.24, 2.45) is 5.73 Å². The van der Waals surface area contributed by atoms with Gasteiger partial charge in [0, 0.05) is 22.0 Å². The van der Waals surface area contributed by atoms with E-state index in [1.54, 1.807) is 6.07 Å². The summed E-state index contributed by atoms with van der Waals surface area (Å²) in [4.78, 5) is 1.07. The molecule has 0 aliphatic rings. The Labute approximate surface area is 98.1 Å². The summed E-state index contributed by atoms with van der Waals surface area (Å²) < 4.78 is 13.9. The van der Waals surface area contributed by atoms with Crippen LogP contribution in [0.15, 0.2) is 24.3 Å². The number of terminal acetylenes is 1. The summed E-state index contributed by atoms with van der Waals surface area (Å²) in [6.07, 6.45) is 6.64. The molecule has 3 heteroatoms. The molecule has 0 radical (unpaired) electrons. The van der Waals surface area contributed by atoms with Gasteiger partial charge in [0.25, 0.3) is 0 Å². The number of fused-ring (bicyclic) bond motifs is 1. The van der Waals surface area contributed by atoms with Crippen molar-refractivity contribution in [3.8, 4) is 12.3 Å². The molecule has 0 aliphatic carbocycles. The lowest BCUT2D eigenvalue weighted by Crippen LogP contribution is -2.07. The largest absolute Gasteiger partial charge is 0.323 e. The Hall–Kier alpha value is -1.37. The molecule has 1 atom stereocenters. The highest BCUT2D eigenvalue weighted by atomic mass is 32.1. The number of hydrogen-bond donors (Lipinski definition) is 1. The van der Waals surface area contributed by atoms with E-state index in [-0.39, 0.29) is 11.9 Å². The van der Waals surface area contributed by atoms with Gasteiger partial charge in [0.2, 0.25) is 0 Å². The Morgan fingerprint density at radius 2 is 2.25 bits per heavy atom. The van der Waals surface area contributed by atoms with Crippen molar-refractivity contribution in [2.75, 3.05) is 0 Å². The van der Waals surface area contributed by atoms with E-state index in [1.165, 1.54) is 23.5 Å². The van der Waals surface area contributed by atoms with Crippen molar-refractivity contribution in [3.63, 3.8) is 0 Å². The van der Waals surface area contributed by atoms with Gasteiger partial charge in [-0.05, 0) is 30.0 Å². The highest BCUT2D eigenvalue weighted by Gasteiger charge is 2.09. The van der Waals surface area contributed by atoms with Crippen LogP contribution in [-0.2, 0) is 0 Å². The van der Waals surface area contributed by atoms with Gasteiger partial charge in [-0.3, -0.25) is 0 Å². The van der Waals surface area contributed by atoms with Crippen LogP contribution in [0, 0.1) is 18.2 Å². The normalized spacial score (nSPS) is 12.6. The zero-order valence-corrected chi connectivity index (χ0v) is 9.56. The van der Waals surface area contributed by atoms with Gasteiger partial charge in [-0.2, -0.15) is 0 Å². The number of halogens is 1. The number of nitrogens with two attached hydrogens (primary N) is 1. The molecule has 0 aliphatic heterocycles. The quantitative estimate of drug-likeness (QED) is 0.807. The lowest BCUT2D eigenvalue weighted by molar-refractivity contribution is 0.630. The first-order valence-electron chi connectivity index (χ1n) is 5.09. The highest BCUT2D eigenvalue weighted by molar-refractivity contribution is 7.19. The maximum atomic E-state index is 13.0. The summed E-state index contributed by atoms with van der Waals surface area (Å²) in [6, 6.07) is 6.75. The monoisotopic (exact) mass is 233 g/mol. The third-order valence-electron chi connectivity index (χ3n) is 2.47. The van der Waals surface area contributed by atoms with Crippen LogP contribution >= 0.6 is 11.3 Å². The summed E-state index contributed by atoms with van der Waals surface area (Å²) in [5.74, 6) is 2.37. The second-order valence-electron chi connectivity index (χ2n) is 3.68. The molecule has 0 saturated heterocycles. The smallest absolute Gasteiger partial charge is 0.124 e. The summed E-state index contributed by atoms with van der Waals surface area (Å²) >= 11 is 1.54. The number of thiophene rings is 1. The Morgan fingerprint density at radius 3 is 3.00 bits per heavy atom. The van der Waals surface area contributed by atoms with Gasteiger partial charge in [0.15, 0.2) is 0 Å². The van der Waals surface area contributed by atoms with Crippen molar-refractivity contribution in [3.05, 3.63) is 35.0 Å². The minimum absolute atomic E-state index is 0.0449. The predicted octanol–water partition coefficient (Wildman–Crippen LogP) is 3.45. The summed E-state index contributed by atoms with van der Waals surface area (Å²) in [6.45, 7) is 0. The minimum Gasteiger partial charge on any atom is -0.323 e. The van der Waals surface area contributed by atoms with Gasteiger partial charge in [-0.15, -0.1) is 23.7 Å². The molecule has 16 heavy (non-hydrogen) atoms. The molecule has 0 saturated carbocycles. The summed E-state index contributed by atoms with van der Waals surface area (Å²) in [7, 11) is 0. The fourth-order valence-corrected chi connectivity index (χ4v) is 2.71. The van der Waals surface area contributed by atoms with E-state index < -0.39 is 0 Å². The third-order valence-corrected chi connectivity index (χ3v) is 3.70. The molecule has 0 fully saturated rings. The number of hydrogen-bond acceptors (Lipinski definition) is 2. The first-order chi connectivity index (χ1) is 7.70. The molecule has 0 amide bonds. The van der Waals surface area contributed by atoms with E-state index in [9.17, 15) is 4.39 Å². The molecule has 1 nitrogen and oxygen atoms in total. The molecule has 0 bridgehead atoms. The third kappa shape index (κ3) is 2.24. The molecular formula is C13H12FNS. The fourth-order valence-electron chi connectivity index (χ4n) is 1.59. The van der Waals surface area contributed by atoms with Crippen LogP contribution in [0.4, 0.5) is 4.39 Å². The molecule has 2 rings (SSSR count). The van der Waals surface area contributed by atoms with Crippen LogP contribution in [0.2, 0.25) is 0 Å². The molecular weight excluding hydrogens is 221 g/mol. The molecule has 2 aromatic rings. The zero-order chi connectivity index (χ0) is 11.5. The van der Waals surface area contributed by atoms with Crippen LogP contribution < -0.4 is 5.73 Å². The van der Waals surface area contributed by atoms with Crippen LogP contribution in [0.25, 0.3) is 10.1 Å². The van der Waals surface area contributed by atoms with Crippen LogP contribution in [0.3, 0.4) is 0 Å². The van der Waals surface area contributed by atoms with Gasteiger partial charge in [0.1, 0.15) is 5.82 Å². The molecule has 82 valence electrons. The van der Waals surface area contributed by atoms with Gasteiger partial charge in [-0.1, -0.05) is 6.07 Å². The maximum absolute atomic E-state index is 13.0. The molecule has 2 N–H and O–H groups in total. The van der Waals surface area contributed by atoms with E-state index in [0.29, 0.717) is 6.42 Å². The maximum Gasteiger partial charge on any atom is 0.124 e. The standard InChI is InChI=1S/C13H12FNS/c1-2-3-4-11(15)13-7-9-5-6-10(14)8-12(9)16-13/h1,5-8,11H,3-4,15H2. The molecule has 1 aromatic carbocycles. The van der Waals surface area contributed by atoms with E-state index in [4.69, 9.17) is 12.2 Å². The van der Waals surface area contributed by atoms with Gasteiger partial charge in [-0.25, -0.2) is 4.39 Å². The Balaban J connectivity index is 2.29. The van der Waals surface area contributed by atoms with Crippen LogP contribution in [0.5, 0.6) is 0 Å². The summed E-state index contributed by atoms with van der Waals surface area (Å²) in [5.41, 5.74) is 6.00. The lowest BCUT2D eigenvalue weighted by Gasteiger charge is -2.05. The van der Waals surface area contributed by atoms with Crippen molar-refractivity contribution < 1.29 is 4.39 Å². The lowest BCUT2D eigenvalue weighted by atomic mass is 10.1. The van der Waals surface area contributed by atoms with Gasteiger partial charge in [0.05, 0.1) is 0 Å². The average molecular weight is 233 g/mol. The zero-order valence-electron chi connectivity index (χ0n) is 8.74. The average Bonchev–Trinajstić information content (AvgIpc) is 2.68.